The highest BCUT2D eigenvalue weighted by atomic mass is 16.5. The van der Waals surface area contributed by atoms with Gasteiger partial charge < -0.3 is 24.1 Å². The lowest BCUT2D eigenvalue weighted by atomic mass is 10.1. The van der Waals surface area contributed by atoms with E-state index in [1.807, 2.05) is 0 Å². The molecule has 6 heteroatoms. The summed E-state index contributed by atoms with van der Waals surface area (Å²) in [6.07, 6.45) is 6.46. The van der Waals surface area contributed by atoms with E-state index in [-0.39, 0.29) is 28.8 Å². The number of rotatable bonds is 9. The van der Waals surface area contributed by atoms with Gasteiger partial charge in [0.2, 0.25) is 0 Å². The predicted octanol–water partition coefficient (Wildman–Crippen LogP) is 4.46. The van der Waals surface area contributed by atoms with Crippen LogP contribution in [0.15, 0.2) is 60.4 Å². The molecule has 0 spiro atoms. The van der Waals surface area contributed by atoms with Gasteiger partial charge in [-0.3, -0.25) is 4.79 Å². The molecule has 152 valence electrons. The number of aliphatic hydroxyl groups is 1. The van der Waals surface area contributed by atoms with Gasteiger partial charge in [-0.15, -0.1) is 0 Å². The van der Waals surface area contributed by atoms with E-state index in [9.17, 15) is 9.90 Å². The average molecular weight is 402 g/mol. The summed E-state index contributed by atoms with van der Waals surface area (Å²) in [5.41, 5.74) is 1.11. The Morgan fingerprint density at radius 3 is 1.83 bits per heavy atom. The summed E-state index contributed by atoms with van der Waals surface area (Å²) in [6.45, 7) is 0. The van der Waals surface area contributed by atoms with Gasteiger partial charge >= 0.3 is 0 Å². The van der Waals surface area contributed by atoms with Gasteiger partial charge in [0.05, 0.1) is 36.5 Å². The molecule has 0 amide bonds. The van der Waals surface area contributed by atoms with Crippen LogP contribution >= 0.6 is 0 Å². The van der Waals surface area contributed by atoms with Gasteiger partial charge in [0.1, 0.15) is 5.76 Å². The van der Waals surface area contributed by atoms with Gasteiger partial charge in [-0.2, -0.15) is 0 Å². The molecule has 0 aliphatic carbocycles. The number of benzene rings is 2. The molecule has 2 aromatic rings. The van der Waals surface area contributed by atoms with Crippen LogP contribution in [-0.2, 0) is 4.79 Å². The lowest BCUT2D eigenvalue weighted by molar-refractivity contribution is -0.110. The van der Waals surface area contributed by atoms with Crippen LogP contribution in [0.1, 0.15) is 19.4 Å². The highest BCUT2D eigenvalue weighted by molar-refractivity contribution is 6.02. The molecule has 0 saturated carbocycles. The quantitative estimate of drug-likeness (QED) is 0.379. The molecule has 2 rings (SSSR count). The predicted molar refractivity (Wildman–Crippen MR) is 113 cm³/mol. The van der Waals surface area contributed by atoms with Crippen molar-refractivity contribution in [1.82, 2.24) is 0 Å². The molecule has 2 aromatic carbocycles. The van der Waals surface area contributed by atoms with Gasteiger partial charge in [0.15, 0.2) is 28.8 Å². The third-order valence-corrected chi connectivity index (χ3v) is 3.77. The molecular formula is C23H24O6. The molecule has 0 unspecified atom stereocenters. The second kappa shape index (κ2) is 10.6. The molecule has 0 aromatic heterocycles. The van der Waals surface area contributed by atoms with Crippen LogP contribution in [0.3, 0.4) is 0 Å². The fourth-order valence-corrected chi connectivity index (χ4v) is 2.35. The van der Waals surface area contributed by atoms with E-state index in [0.717, 1.165) is 6.08 Å². The van der Waals surface area contributed by atoms with E-state index >= 15 is 0 Å². The first-order chi connectivity index (χ1) is 16.3. The Morgan fingerprint density at radius 2 is 1.34 bits per heavy atom. The minimum absolute atomic E-state index is 0.0354. The molecule has 0 fully saturated rings. The fraction of sp³-hybridized carbons (Fsp3) is 0.174. The zero-order valence-corrected chi connectivity index (χ0v) is 15.8. The standard InChI is InChI=1S/C23H24O6/c1-26-20-11-7-16(13-22(20)28-3)5-9-18(24)15-19(25)10-6-17-8-12-21(27-2)23(14-17)29-4/h5-15,24H,1-4H3/i1D3,2D3. The minimum atomic E-state index is -2.63. The van der Waals surface area contributed by atoms with Crippen molar-refractivity contribution in [3.63, 3.8) is 0 Å². The first-order valence-electron chi connectivity index (χ1n) is 11.3. The molecule has 0 aliphatic heterocycles. The van der Waals surface area contributed by atoms with Crippen LogP contribution in [0.4, 0.5) is 0 Å². The monoisotopic (exact) mass is 402 g/mol. The van der Waals surface area contributed by atoms with Crippen molar-refractivity contribution in [2.45, 2.75) is 0 Å². The number of hydrogen-bond donors (Lipinski definition) is 1. The van der Waals surface area contributed by atoms with Crippen molar-refractivity contribution in [2.24, 2.45) is 0 Å². The van der Waals surface area contributed by atoms with Gasteiger partial charge in [-0.25, -0.2) is 0 Å². The second-order valence-electron chi connectivity index (χ2n) is 5.66. The van der Waals surface area contributed by atoms with Gasteiger partial charge in [0, 0.05) is 6.08 Å². The zero-order valence-electron chi connectivity index (χ0n) is 21.8. The number of carbonyl (C=O) groups excluding carboxylic acids is 1. The Morgan fingerprint density at radius 1 is 0.828 bits per heavy atom. The van der Waals surface area contributed by atoms with Crippen LogP contribution in [0.5, 0.6) is 23.0 Å². The maximum atomic E-state index is 12.1. The van der Waals surface area contributed by atoms with Crippen LogP contribution in [0.2, 0.25) is 0 Å². The number of ketones is 1. The lowest BCUT2D eigenvalue weighted by Gasteiger charge is -2.07. The van der Waals surface area contributed by atoms with Crippen LogP contribution in [0, 0.1) is 0 Å². The number of methoxy groups -OCH3 is 4. The summed E-state index contributed by atoms with van der Waals surface area (Å²) >= 11 is 0. The largest absolute Gasteiger partial charge is 0.508 e. The first-order valence-corrected chi connectivity index (χ1v) is 8.34. The normalized spacial score (nSPS) is 15.6. The summed E-state index contributed by atoms with van der Waals surface area (Å²) < 4.78 is 63.0. The molecule has 1 N–H and O–H groups in total. The fourth-order valence-electron chi connectivity index (χ4n) is 2.35. The number of carbonyl (C=O) groups is 1. The molecule has 0 radical (unpaired) electrons. The van der Waals surface area contributed by atoms with E-state index in [4.69, 9.17) is 27.2 Å². The van der Waals surface area contributed by atoms with Gasteiger partial charge in [-0.05, 0) is 47.5 Å². The molecule has 29 heavy (non-hydrogen) atoms. The zero-order chi connectivity index (χ0) is 26.2. The molecule has 0 atom stereocenters. The maximum absolute atomic E-state index is 12.1. The SMILES string of the molecule is [2H]C([2H])([2H])Oc1ccc(C=CC(=O)C=C(O)C=Cc2ccc(OC([2H])([2H])[2H])c(OC)c2)cc1OC. The minimum Gasteiger partial charge on any atom is -0.508 e. The van der Waals surface area contributed by atoms with Crippen molar-refractivity contribution in [1.29, 1.82) is 0 Å². The van der Waals surface area contributed by atoms with Crippen molar-refractivity contribution in [3.05, 3.63) is 71.5 Å². The highest BCUT2D eigenvalue weighted by Crippen LogP contribution is 2.29. The number of allylic oxidation sites excluding steroid dienone is 3. The third-order valence-electron chi connectivity index (χ3n) is 3.77. The number of hydrogen-bond acceptors (Lipinski definition) is 6. The molecule has 0 aliphatic rings. The van der Waals surface area contributed by atoms with Crippen molar-refractivity contribution in [2.75, 3.05) is 28.3 Å². The summed E-state index contributed by atoms with van der Waals surface area (Å²) in [5, 5.41) is 10.0. The van der Waals surface area contributed by atoms with Gasteiger partial charge in [-0.1, -0.05) is 24.3 Å². The Kier molecular flexibility index (Phi) is 5.25. The summed E-state index contributed by atoms with van der Waals surface area (Å²) in [4.78, 5) is 12.1. The molecular weight excluding hydrogens is 372 g/mol. The summed E-state index contributed by atoms with van der Waals surface area (Å²) in [5.74, 6) is -0.375. The van der Waals surface area contributed by atoms with Crippen molar-refractivity contribution < 1.29 is 37.1 Å². The van der Waals surface area contributed by atoms with E-state index in [1.54, 1.807) is 12.1 Å². The van der Waals surface area contributed by atoms with Crippen LogP contribution in [-0.4, -0.2) is 39.2 Å². The summed E-state index contributed by atoms with van der Waals surface area (Å²) in [7, 11) is -2.54. The highest BCUT2D eigenvalue weighted by Gasteiger charge is 2.04. The third kappa shape index (κ3) is 6.17. The lowest BCUT2D eigenvalue weighted by Crippen LogP contribution is -1.91. The van der Waals surface area contributed by atoms with Crippen LogP contribution in [0.25, 0.3) is 12.2 Å². The van der Waals surface area contributed by atoms with Crippen LogP contribution < -0.4 is 18.9 Å². The Balaban J connectivity index is 2.09. The van der Waals surface area contributed by atoms with Gasteiger partial charge in [0.25, 0.3) is 0 Å². The maximum Gasteiger partial charge on any atom is 0.182 e. The molecule has 6 nitrogen and oxygen atoms in total. The Bertz CT molecular complexity index is 1130. The van der Waals surface area contributed by atoms with E-state index < -0.39 is 19.9 Å². The number of aliphatic hydroxyl groups excluding tert-OH is 1. The molecule has 0 bridgehead atoms. The first kappa shape index (κ1) is 14.3. The smallest absolute Gasteiger partial charge is 0.182 e. The Labute approximate surface area is 178 Å². The second-order valence-corrected chi connectivity index (χ2v) is 5.66. The van der Waals surface area contributed by atoms with E-state index in [2.05, 4.69) is 0 Å². The molecule has 0 saturated heterocycles. The van der Waals surface area contributed by atoms with Crippen molar-refractivity contribution in [3.8, 4) is 23.0 Å². The van der Waals surface area contributed by atoms with Crippen molar-refractivity contribution >= 4 is 17.9 Å². The summed E-state index contributed by atoms with van der Waals surface area (Å²) in [6, 6.07) is 8.95. The topological polar surface area (TPSA) is 74.2 Å². The van der Waals surface area contributed by atoms with E-state index in [1.165, 1.54) is 62.8 Å². The Hall–Kier alpha value is -3.67. The van der Waals surface area contributed by atoms with E-state index in [0.29, 0.717) is 11.1 Å². The average Bonchev–Trinajstić information content (AvgIpc) is 2.75. The molecule has 0 heterocycles. The number of ether oxygens (including phenoxy) is 4.